The van der Waals surface area contributed by atoms with E-state index in [4.69, 9.17) is 9.88 Å². The van der Waals surface area contributed by atoms with Crippen molar-refractivity contribution in [3.8, 4) is 28.0 Å². The second-order valence-corrected chi connectivity index (χ2v) is 9.64. The Morgan fingerprint density at radius 3 is 2.43 bits per heavy atom. The Balaban J connectivity index is 2.06. The van der Waals surface area contributed by atoms with Crippen molar-refractivity contribution in [2.24, 2.45) is 5.14 Å². The first-order chi connectivity index (χ1) is 17.4. The second-order valence-electron chi connectivity index (χ2n) is 8.11. The maximum Gasteiger partial charge on any atom is 0.417 e. The normalized spacial score (nSPS) is 16.7. The fourth-order valence-electron chi connectivity index (χ4n) is 4.20. The van der Waals surface area contributed by atoms with Crippen molar-refractivity contribution in [3.63, 3.8) is 0 Å². The number of halogens is 6. The van der Waals surface area contributed by atoms with Gasteiger partial charge in [0.2, 0.25) is 10.0 Å². The fraction of sp³-hybridized carbons (Fsp3) is 0.250. The first-order valence-electron chi connectivity index (χ1n) is 10.8. The number of nitrogens with one attached hydrogen (secondary N) is 1. The highest BCUT2D eigenvalue weighted by atomic mass is 32.2. The van der Waals surface area contributed by atoms with Crippen molar-refractivity contribution in [2.45, 2.75) is 23.8 Å². The Labute approximate surface area is 208 Å². The summed E-state index contributed by atoms with van der Waals surface area (Å²) in [6.07, 6.45) is -5.77. The smallest absolute Gasteiger partial charge is 0.417 e. The zero-order valence-corrected chi connectivity index (χ0v) is 19.7. The van der Waals surface area contributed by atoms with Crippen LogP contribution in [0.4, 0.5) is 26.3 Å². The molecule has 0 aromatic heterocycles. The van der Waals surface area contributed by atoms with Crippen LogP contribution in [0.1, 0.15) is 17.2 Å². The van der Waals surface area contributed by atoms with Crippen LogP contribution in [-0.4, -0.2) is 34.7 Å². The van der Waals surface area contributed by atoms with E-state index in [1.54, 1.807) is 0 Å². The van der Waals surface area contributed by atoms with Crippen molar-refractivity contribution in [1.29, 1.82) is 0 Å². The molecule has 1 atom stereocenters. The van der Waals surface area contributed by atoms with Gasteiger partial charge >= 0.3 is 12.8 Å². The van der Waals surface area contributed by atoms with Crippen molar-refractivity contribution in [2.75, 3.05) is 19.7 Å². The molecule has 0 spiro atoms. The predicted molar refractivity (Wildman–Crippen MR) is 122 cm³/mol. The first kappa shape index (κ1) is 26.9. The van der Waals surface area contributed by atoms with Crippen molar-refractivity contribution in [3.05, 3.63) is 71.5 Å². The van der Waals surface area contributed by atoms with Crippen LogP contribution in [0.25, 0.3) is 22.3 Å². The molecule has 0 radical (unpaired) electrons. The summed E-state index contributed by atoms with van der Waals surface area (Å²) in [6.45, 7) is -2.34. The van der Waals surface area contributed by atoms with E-state index in [1.807, 2.05) is 0 Å². The van der Waals surface area contributed by atoms with E-state index < -0.39 is 56.5 Å². The van der Waals surface area contributed by atoms with Gasteiger partial charge in [-0.1, -0.05) is 18.2 Å². The third-order valence-electron chi connectivity index (χ3n) is 5.70. The number of benzene rings is 3. The molecule has 3 aromatic rings. The monoisotopic (exact) mass is 546 g/mol. The van der Waals surface area contributed by atoms with E-state index in [1.165, 1.54) is 12.1 Å². The summed E-state index contributed by atoms with van der Waals surface area (Å²) in [5.74, 6) is -1.25. The minimum atomic E-state index is -4.99. The Kier molecular flexibility index (Phi) is 7.51. The summed E-state index contributed by atoms with van der Waals surface area (Å²) in [5, 5.41) is 8.34. The Morgan fingerprint density at radius 2 is 1.81 bits per heavy atom. The van der Waals surface area contributed by atoms with Crippen LogP contribution in [0.3, 0.4) is 0 Å². The van der Waals surface area contributed by atoms with Crippen molar-refractivity contribution in [1.82, 2.24) is 5.32 Å². The molecule has 1 aliphatic heterocycles. The van der Waals surface area contributed by atoms with Gasteiger partial charge in [-0.25, -0.2) is 17.9 Å². The average Bonchev–Trinajstić information content (AvgIpc) is 2.83. The molecule has 6 nitrogen and oxygen atoms in total. The van der Waals surface area contributed by atoms with Crippen molar-refractivity contribution < 1.29 is 44.2 Å². The molecule has 1 aliphatic rings. The zero-order chi connectivity index (χ0) is 27.0. The second kappa shape index (κ2) is 10.3. The number of sulfonamides is 1. The molecule has 1 heterocycles. The topological polar surface area (TPSA) is 90.7 Å². The van der Waals surface area contributed by atoms with Gasteiger partial charge in [0.25, 0.3) is 0 Å². The van der Waals surface area contributed by atoms with Gasteiger partial charge in [-0.2, -0.15) is 22.0 Å². The van der Waals surface area contributed by atoms with Gasteiger partial charge in [0.15, 0.2) is 0 Å². The van der Waals surface area contributed by atoms with E-state index in [0.29, 0.717) is 12.6 Å². The summed E-state index contributed by atoms with van der Waals surface area (Å²) >= 11 is 0. The summed E-state index contributed by atoms with van der Waals surface area (Å²) < 4.78 is 117. The average molecular weight is 546 g/mol. The predicted octanol–water partition coefficient (Wildman–Crippen LogP) is 5.09. The summed E-state index contributed by atoms with van der Waals surface area (Å²) in [6, 6.07) is 9.17. The maximum absolute atomic E-state index is 14.1. The highest BCUT2D eigenvalue weighted by molar-refractivity contribution is 7.89. The van der Waals surface area contributed by atoms with E-state index >= 15 is 0 Å². The lowest BCUT2D eigenvalue weighted by Gasteiger charge is -2.28. The van der Waals surface area contributed by atoms with E-state index in [2.05, 4.69) is 10.1 Å². The number of morpholine rings is 1. The third-order valence-corrected chi connectivity index (χ3v) is 6.66. The quantitative estimate of drug-likeness (QED) is 0.421. The highest BCUT2D eigenvalue weighted by Crippen LogP contribution is 2.45. The Hall–Kier alpha value is -3.13. The highest BCUT2D eigenvalue weighted by Gasteiger charge is 2.37. The van der Waals surface area contributed by atoms with Crippen LogP contribution in [0, 0.1) is 5.82 Å². The minimum absolute atomic E-state index is 0.00462. The lowest BCUT2D eigenvalue weighted by Crippen LogP contribution is -2.33. The number of hydrogen-bond donors (Lipinski definition) is 2. The third kappa shape index (κ3) is 5.90. The summed E-state index contributed by atoms with van der Waals surface area (Å²) in [4.78, 5) is -0.798. The van der Waals surface area contributed by atoms with Gasteiger partial charge in [0, 0.05) is 24.2 Å². The minimum Gasteiger partial charge on any atom is -0.434 e. The number of primary sulfonamides is 1. The van der Waals surface area contributed by atoms with Crippen LogP contribution in [0.15, 0.2) is 59.5 Å². The zero-order valence-electron chi connectivity index (χ0n) is 18.9. The van der Waals surface area contributed by atoms with Gasteiger partial charge in [-0.05, 0) is 53.1 Å². The molecule has 1 fully saturated rings. The van der Waals surface area contributed by atoms with Crippen LogP contribution < -0.4 is 15.2 Å². The molecule has 0 aliphatic carbocycles. The molecule has 13 heteroatoms. The molecule has 0 saturated carbocycles. The molecule has 3 N–H and O–H groups in total. The van der Waals surface area contributed by atoms with Crippen LogP contribution in [-0.2, 0) is 20.9 Å². The number of nitrogens with two attached hydrogens (primary N) is 1. The Bertz CT molecular complexity index is 1410. The van der Waals surface area contributed by atoms with Gasteiger partial charge < -0.3 is 14.8 Å². The lowest BCUT2D eigenvalue weighted by molar-refractivity contribution is -0.137. The standard InChI is InChI=1S/C24H20F6N2O4S/c25-14-5-7-19(36-23(26)27)16(11-14)13-4-6-15(20-12-32-8-9-35-20)17(10-13)22-18(24(28,29)30)2-1-3-21(22)37(31,33)34/h1-7,10-11,20,23,32H,8-9,12H2,(H2,31,33,34). The summed E-state index contributed by atoms with van der Waals surface area (Å²) in [5.41, 5.74) is -2.26. The van der Waals surface area contributed by atoms with Crippen LogP contribution >= 0.6 is 0 Å². The van der Waals surface area contributed by atoms with E-state index in [0.717, 1.165) is 36.4 Å². The SMILES string of the molecule is NS(=O)(=O)c1cccc(C(F)(F)F)c1-c1cc(-c2cc(F)ccc2OC(F)F)ccc1C1CNCCO1. The Morgan fingerprint density at radius 1 is 1.05 bits per heavy atom. The number of alkyl halides is 5. The molecule has 3 aromatic carbocycles. The summed E-state index contributed by atoms with van der Waals surface area (Å²) in [7, 11) is -4.66. The fourth-order valence-corrected chi connectivity index (χ4v) is 4.97. The molecule has 1 unspecified atom stereocenters. The van der Waals surface area contributed by atoms with Gasteiger partial charge in [-0.3, -0.25) is 0 Å². The van der Waals surface area contributed by atoms with Crippen molar-refractivity contribution >= 4 is 10.0 Å². The number of hydrogen-bond acceptors (Lipinski definition) is 5. The van der Waals surface area contributed by atoms with Gasteiger partial charge in [-0.15, -0.1) is 0 Å². The lowest BCUT2D eigenvalue weighted by atomic mass is 9.89. The molecule has 0 bridgehead atoms. The van der Waals surface area contributed by atoms with E-state index in [-0.39, 0.29) is 35.4 Å². The molecule has 1 saturated heterocycles. The maximum atomic E-state index is 14.1. The molecule has 198 valence electrons. The van der Waals surface area contributed by atoms with Crippen LogP contribution in [0.2, 0.25) is 0 Å². The molecule has 4 rings (SSSR count). The van der Waals surface area contributed by atoms with Crippen LogP contribution in [0.5, 0.6) is 5.75 Å². The first-order valence-corrected chi connectivity index (χ1v) is 12.4. The van der Waals surface area contributed by atoms with Gasteiger partial charge in [0.05, 0.1) is 23.2 Å². The molecule has 0 amide bonds. The van der Waals surface area contributed by atoms with E-state index in [9.17, 15) is 34.8 Å². The molecular weight excluding hydrogens is 526 g/mol. The number of rotatable bonds is 6. The number of ether oxygens (including phenoxy) is 2. The molecular formula is C24H20F6N2O4S. The molecule has 37 heavy (non-hydrogen) atoms. The largest absolute Gasteiger partial charge is 0.434 e. The van der Waals surface area contributed by atoms with Gasteiger partial charge in [0.1, 0.15) is 11.6 Å².